The van der Waals surface area contributed by atoms with Gasteiger partial charge in [0.25, 0.3) is 5.56 Å². The molecule has 0 aliphatic heterocycles. The maximum Gasteiger partial charge on any atom is 0.275 e. The molecule has 0 saturated heterocycles. The highest BCUT2D eigenvalue weighted by atomic mass is 16.5. The lowest BCUT2D eigenvalue weighted by Gasteiger charge is -2.03. The molecular weight excluding hydrogens is 292 g/mol. The summed E-state index contributed by atoms with van der Waals surface area (Å²) in [6.45, 7) is 0.250. The predicted octanol–water partition coefficient (Wildman–Crippen LogP) is 2.44. The van der Waals surface area contributed by atoms with Crippen molar-refractivity contribution in [3.8, 4) is 11.4 Å². The molecule has 0 radical (unpaired) electrons. The summed E-state index contributed by atoms with van der Waals surface area (Å²) in [5.41, 5.74) is 1.47. The molecule has 3 heterocycles. The Morgan fingerprint density at radius 2 is 1.87 bits per heavy atom. The van der Waals surface area contributed by atoms with Crippen molar-refractivity contribution in [3.05, 3.63) is 71.1 Å². The molecule has 0 saturated carbocycles. The van der Waals surface area contributed by atoms with Crippen LogP contribution in [-0.4, -0.2) is 19.3 Å². The van der Waals surface area contributed by atoms with E-state index in [4.69, 9.17) is 4.52 Å². The van der Waals surface area contributed by atoms with Gasteiger partial charge >= 0.3 is 0 Å². The van der Waals surface area contributed by atoms with Crippen LogP contribution in [0.4, 0.5) is 0 Å². The van der Waals surface area contributed by atoms with Crippen molar-refractivity contribution in [1.82, 2.24) is 19.3 Å². The third kappa shape index (κ3) is 2.34. The third-order valence-electron chi connectivity index (χ3n) is 3.81. The summed E-state index contributed by atoms with van der Waals surface area (Å²) in [5, 5.41) is 4.90. The standard InChI is InChI=1S/C17H14N4O2/c1-20-9-7-12-8-10-21(17(22)15(12)20)11-14-18-16(19-23-14)13-5-3-2-4-6-13/h2-10H,11H2,1H3. The topological polar surface area (TPSA) is 65.8 Å². The van der Waals surface area contributed by atoms with E-state index in [2.05, 4.69) is 10.1 Å². The average molecular weight is 306 g/mol. The number of hydrogen-bond donors (Lipinski definition) is 0. The first kappa shape index (κ1) is 13.5. The lowest BCUT2D eigenvalue weighted by Crippen LogP contribution is -2.21. The van der Waals surface area contributed by atoms with Crippen LogP contribution in [-0.2, 0) is 13.6 Å². The van der Waals surface area contributed by atoms with Crippen LogP contribution >= 0.6 is 0 Å². The predicted molar refractivity (Wildman–Crippen MR) is 86.0 cm³/mol. The van der Waals surface area contributed by atoms with Crippen molar-refractivity contribution in [2.45, 2.75) is 6.54 Å². The van der Waals surface area contributed by atoms with Gasteiger partial charge in [0.15, 0.2) is 0 Å². The van der Waals surface area contributed by atoms with E-state index in [0.29, 0.717) is 17.2 Å². The Morgan fingerprint density at radius 3 is 2.70 bits per heavy atom. The zero-order chi connectivity index (χ0) is 15.8. The minimum atomic E-state index is -0.0746. The van der Waals surface area contributed by atoms with Crippen LogP contribution in [0.5, 0.6) is 0 Å². The minimum absolute atomic E-state index is 0.0746. The molecule has 0 amide bonds. The van der Waals surface area contributed by atoms with Crippen molar-refractivity contribution in [2.75, 3.05) is 0 Å². The van der Waals surface area contributed by atoms with Gasteiger partial charge in [-0.1, -0.05) is 35.5 Å². The second kappa shape index (κ2) is 5.24. The Bertz CT molecular complexity index is 1030. The smallest absolute Gasteiger partial charge is 0.275 e. The minimum Gasteiger partial charge on any atom is -0.346 e. The zero-order valence-electron chi connectivity index (χ0n) is 12.5. The van der Waals surface area contributed by atoms with Gasteiger partial charge in [-0.3, -0.25) is 4.79 Å². The number of aryl methyl sites for hydroxylation is 1. The van der Waals surface area contributed by atoms with E-state index in [-0.39, 0.29) is 12.1 Å². The summed E-state index contributed by atoms with van der Waals surface area (Å²) in [7, 11) is 1.86. The van der Waals surface area contributed by atoms with E-state index >= 15 is 0 Å². The van der Waals surface area contributed by atoms with Crippen molar-refractivity contribution < 1.29 is 4.52 Å². The summed E-state index contributed by atoms with van der Waals surface area (Å²) < 4.78 is 8.67. The molecule has 0 atom stereocenters. The first-order valence-corrected chi connectivity index (χ1v) is 7.25. The van der Waals surface area contributed by atoms with Crippen LogP contribution in [0.3, 0.4) is 0 Å². The second-order valence-electron chi connectivity index (χ2n) is 5.36. The molecule has 0 aliphatic rings. The molecule has 6 nitrogen and oxygen atoms in total. The molecule has 0 fully saturated rings. The summed E-state index contributed by atoms with van der Waals surface area (Å²) in [4.78, 5) is 16.9. The van der Waals surface area contributed by atoms with Gasteiger partial charge in [-0.2, -0.15) is 4.98 Å². The number of nitrogens with zero attached hydrogens (tertiary/aromatic N) is 4. The molecule has 4 rings (SSSR count). The summed E-state index contributed by atoms with van der Waals surface area (Å²) in [6, 6.07) is 13.4. The van der Waals surface area contributed by atoms with Gasteiger partial charge in [-0.05, 0) is 12.1 Å². The first-order chi connectivity index (χ1) is 11.2. The summed E-state index contributed by atoms with van der Waals surface area (Å²) >= 11 is 0. The summed E-state index contributed by atoms with van der Waals surface area (Å²) in [5.74, 6) is 0.924. The van der Waals surface area contributed by atoms with Crippen LogP contribution in [0.25, 0.3) is 22.3 Å². The maximum absolute atomic E-state index is 12.5. The van der Waals surface area contributed by atoms with Crippen molar-refractivity contribution in [3.63, 3.8) is 0 Å². The lowest BCUT2D eigenvalue weighted by atomic mass is 10.2. The quantitative estimate of drug-likeness (QED) is 0.583. The van der Waals surface area contributed by atoms with Gasteiger partial charge in [-0.15, -0.1) is 0 Å². The molecule has 114 valence electrons. The van der Waals surface area contributed by atoms with Crippen LogP contribution in [0.1, 0.15) is 5.89 Å². The largest absolute Gasteiger partial charge is 0.346 e. The fourth-order valence-corrected chi connectivity index (χ4v) is 2.63. The monoisotopic (exact) mass is 306 g/mol. The van der Waals surface area contributed by atoms with E-state index in [1.54, 1.807) is 10.8 Å². The fraction of sp³-hybridized carbons (Fsp3) is 0.118. The first-order valence-electron chi connectivity index (χ1n) is 7.25. The Morgan fingerprint density at radius 1 is 1.09 bits per heavy atom. The number of aromatic nitrogens is 4. The average Bonchev–Trinajstić information content (AvgIpc) is 3.18. The van der Waals surface area contributed by atoms with Gasteiger partial charge < -0.3 is 13.7 Å². The number of pyridine rings is 1. The van der Waals surface area contributed by atoms with Crippen molar-refractivity contribution in [2.24, 2.45) is 7.05 Å². The van der Waals surface area contributed by atoms with Gasteiger partial charge in [0.05, 0.1) is 0 Å². The highest BCUT2D eigenvalue weighted by Gasteiger charge is 2.11. The van der Waals surface area contributed by atoms with Gasteiger partial charge in [-0.25, -0.2) is 0 Å². The molecular formula is C17H14N4O2. The zero-order valence-corrected chi connectivity index (χ0v) is 12.5. The number of fused-ring (bicyclic) bond motifs is 1. The third-order valence-corrected chi connectivity index (χ3v) is 3.81. The number of rotatable bonds is 3. The van der Waals surface area contributed by atoms with Crippen LogP contribution in [0, 0.1) is 0 Å². The summed E-state index contributed by atoms with van der Waals surface area (Å²) in [6.07, 6.45) is 3.62. The molecule has 0 aliphatic carbocycles. The highest BCUT2D eigenvalue weighted by molar-refractivity contribution is 5.78. The van der Waals surface area contributed by atoms with E-state index in [1.807, 2.05) is 60.3 Å². The molecule has 23 heavy (non-hydrogen) atoms. The lowest BCUT2D eigenvalue weighted by molar-refractivity contribution is 0.370. The fourth-order valence-electron chi connectivity index (χ4n) is 2.63. The van der Waals surface area contributed by atoms with Gasteiger partial charge in [0.2, 0.25) is 11.7 Å². The van der Waals surface area contributed by atoms with E-state index in [1.165, 1.54) is 0 Å². The van der Waals surface area contributed by atoms with Crippen LogP contribution in [0.2, 0.25) is 0 Å². The number of hydrogen-bond acceptors (Lipinski definition) is 4. The molecule has 0 bridgehead atoms. The van der Waals surface area contributed by atoms with Crippen molar-refractivity contribution >= 4 is 10.9 Å². The molecule has 4 aromatic rings. The Labute approximate surface area is 131 Å². The highest BCUT2D eigenvalue weighted by Crippen LogP contribution is 2.15. The Hall–Kier alpha value is -3.15. The van der Waals surface area contributed by atoms with Gasteiger partial charge in [0, 0.05) is 30.4 Å². The SMILES string of the molecule is Cn1ccc2ccn(Cc3nc(-c4ccccc4)no3)c(=O)c21. The van der Waals surface area contributed by atoms with Crippen LogP contribution < -0.4 is 5.56 Å². The Balaban J connectivity index is 1.69. The van der Waals surface area contributed by atoms with E-state index in [9.17, 15) is 4.79 Å². The maximum atomic E-state index is 12.5. The molecule has 3 aromatic heterocycles. The molecule has 0 unspecified atom stereocenters. The Kier molecular flexibility index (Phi) is 3.08. The van der Waals surface area contributed by atoms with E-state index < -0.39 is 0 Å². The number of benzene rings is 1. The second-order valence-corrected chi connectivity index (χ2v) is 5.36. The molecule has 0 N–H and O–H groups in total. The van der Waals surface area contributed by atoms with Crippen molar-refractivity contribution in [1.29, 1.82) is 0 Å². The molecule has 0 spiro atoms. The van der Waals surface area contributed by atoms with Crippen LogP contribution in [0.15, 0.2) is 64.2 Å². The van der Waals surface area contributed by atoms with E-state index in [0.717, 1.165) is 10.9 Å². The molecule has 6 heteroatoms. The normalized spacial score (nSPS) is 11.2. The van der Waals surface area contributed by atoms with Gasteiger partial charge in [0.1, 0.15) is 12.1 Å². The molecule has 1 aromatic carbocycles.